The number of carbonyl (C=O) groups is 1. The van der Waals surface area contributed by atoms with Gasteiger partial charge in [-0.1, -0.05) is 18.2 Å². The highest BCUT2D eigenvalue weighted by Gasteiger charge is 2.12. The first-order valence-electron chi connectivity index (χ1n) is 3.96. The van der Waals surface area contributed by atoms with Crippen molar-refractivity contribution in [3.8, 4) is 0 Å². The minimum Gasteiger partial charge on any atom is -0.450 e. The fourth-order valence-corrected chi connectivity index (χ4v) is 1.67. The number of thiophene rings is 1. The van der Waals surface area contributed by atoms with Gasteiger partial charge < -0.3 is 4.74 Å². The predicted molar refractivity (Wildman–Crippen MR) is 51.8 cm³/mol. The SMILES string of the molecule is O=C(OC1C=CC=C1)c1cccs1. The fourth-order valence-electron chi connectivity index (χ4n) is 1.07. The Balaban J connectivity index is 1.99. The Labute approximate surface area is 80.2 Å². The van der Waals surface area contributed by atoms with Gasteiger partial charge in [-0.2, -0.15) is 0 Å². The Bertz CT molecular complexity index is 337. The smallest absolute Gasteiger partial charge is 0.349 e. The van der Waals surface area contributed by atoms with Crippen molar-refractivity contribution in [3.05, 3.63) is 46.7 Å². The van der Waals surface area contributed by atoms with Gasteiger partial charge in [-0.25, -0.2) is 4.79 Å². The maximum atomic E-state index is 11.4. The molecule has 1 aromatic heterocycles. The minimum atomic E-state index is -0.254. The molecular weight excluding hydrogens is 184 g/mol. The van der Waals surface area contributed by atoms with Crippen molar-refractivity contribution >= 4 is 17.3 Å². The van der Waals surface area contributed by atoms with E-state index in [0.717, 1.165) is 0 Å². The van der Waals surface area contributed by atoms with Crippen molar-refractivity contribution in [2.45, 2.75) is 6.10 Å². The monoisotopic (exact) mass is 192 g/mol. The molecule has 0 saturated heterocycles. The first-order chi connectivity index (χ1) is 6.36. The van der Waals surface area contributed by atoms with Gasteiger partial charge in [0.1, 0.15) is 11.0 Å². The van der Waals surface area contributed by atoms with Crippen LogP contribution in [0.25, 0.3) is 0 Å². The molecule has 3 heteroatoms. The number of hydrogen-bond acceptors (Lipinski definition) is 3. The van der Waals surface area contributed by atoms with E-state index in [2.05, 4.69) is 0 Å². The van der Waals surface area contributed by atoms with E-state index < -0.39 is 0 Å². The van der Waals surface area contributed by atoms with Gasteiger partial charge in [0.05, 0.1) is 0 Å². The lowest BCUT2D eigenvalue weighted by Crippen LogP contribution is -2.11. The molecule has 1 aromatic rings. The van der Waals surface area contributed by atoms with Crippen molar-refractivity contribution in [1.82, 2.24) is 0 Å². The first-order valence-corrected chi connectivity index (χ1v) is 4.84. The average molecular weight is 192 g/mol. The molecular formula is C10H8O2S. The molecule has 0 aromatic carbocycles. The number of ether oxygens (including phenoxy) is 1. The summed E-state index contributed by atoms with van der Waals surface area (Å²) >= 11 is 1.39. The van der Waals surface area contributed by atoms with E-state index >= 15 is 0 Å². The summed E-state index contributed by atoms with van der Waals surface area (Å²) in [5.74, 6) is -0.254. The van der Waals surface area contributed by atoms with Gasteiger partial charge in [-0.3, -0.25) is 0 Å². The van der Waals surface area contributed by atoms with Crippen LogP contribution in [0.4, 0.5) is 0 Å². The van der Waals surface area contributed by atoms with Crippen molar-refractivity contribution in [3.63, 3.8) is 0 Å². The molecule has 2 rings (SSSR count). The molecule has 0 fully saturated rings. The van der Waals surface area contributed by atoms with Crippen LogP contribution in [0.15, 0.2) is 41.8 Å². The lowest BCUT2D eigenvalue weighted by atomic mass is 10.4. The van der Waals surface area contributed by atoms with Gasteiger partial charge >= 0.3 is 5.97 Å². The Morgan fingerprint density at radius 1 is 1.38 bits per heavy atom. The summed E-state index contributed by atoms with van der Waals surface area (Å²) in [6.07, 6.45) is 7.23. The van der Waals surface area contributed by atoms with Gasteiger partial charge in [0.25, 0.3) is 0 Å². The normalized spacial score (nSPS) is 15.1. The van der Waals surface area contributed by atoms with Crippen LogP contribution in [-0.4, -0.2) is 12.1 Å². The highest BCUT2D eigenvalue weighted by atomic mass is 32.1. The molecule has 0 aliphatic heterocycles. The summed E-state index contributed by atoms with van der Waals surface area (Å²) in [5.41, 5.74) is 0. The van der Waals surface area contributed by atoms with E-state index in [1.54, 1.807) is 6.07 Å². The number of rotatable bonds is 2. The van der Waals surface area contributed by atoms with Crippen LogP contribution in [0.2, 0.25) is 0 Å². The molecule has 0 spiro atoms. The topological polar surface area (TPSA) is 26.3 Å². The summed E-state index contributed by atoms with van der Waals surface area (Å²) < 4.78 is 5.15. The molecule has 0 N–H and O–H groups in total. The molecule has 1 aliphatic rings. The van der Waals surface area contributed by atoms with Crippen LogP contribution in [0.1, 0.15) is 9.67 Å². The van der Waals surface area contributed by atoms with Gasteiger partial charge in [-0.05, 0) is 23.6 Å². The molecule has 0 radical (unpaired) electrons. The third-order valence-corrected chi connectivity index (χ3v) is 2.53. The lowest BCUT2D eigenvalue weighted by molar-refractivity contribution is 0.0472. The van der Waals surface area contributed by atoms with Crippen LogP contribution in [0.5, 0.6) is 0 Å². The summed E-state index contributed by atoms with van der Waals surface area (Å²) in [6, 6.07) is 3.59. The molecule has 2 nitrogen and oxygen atoms in total. The second kappa shape index (κ2) is 3.58. The van der Waals surface area contributed by atoms with E-state index in [4.69, 9.17) is 4.74 Å². The van der Waals surface area contributed by atoms with Gasteiger partial charge in [0, 0.05) is 0 Å². The quantitative estimate of drug-likeness (QED) is 0.672. The van der Waals surface area contributed by atoms with E-state index in [9.17, 15) is 4.79 Å². The van der Waals surface area contributed by atoms with Crippen LogP contribution < -0.4 is 0 Å². The zero-order valence-electron chi connectivity index (χ0n) is 6.84. The molecule has 0 bridgehead atoms. The minimum absolute atomic E-state index is 0.186. The van der Waals surface area contributed by atoms with Gasteiger partial charge in [0.2, 0.25) is 0 Å². The molecule has 0 atom stereocenters. The number of allylic oxidation sites excluding steroid dienone is 2. The third-order valence-electron chi connectivity index (χ3n) is 1.68. The predicted octanol–water partition coefficient (Wildman–Crippen LogP) is 2.40. The molecule has 0 amide bonds. The number of esters is 1. The largest absolute Gasteiger partial charge is 0.450 e. The van der Waals surface area contributed by atoms with Crippen LogP contribution in [0.3, 0.4) is 0 Å². The van der Waals surface area contributed by atoms with Crippen molar-refractivity contribution in [1.29, 1.82) is 0 Å². The maximum absolute atomic E-state index is 11.4. The Hall–Kier alpha value is -1.35. The van der Waals surface area contributed by atoms with Crippen LogP contribution >= 0.6 is 11.3 Å². The van der Waals surface area contributed by atoms with Crippen LogP contribution in [0, 0.1) is 0 Å². The zero-order chi connectivity index (χ0) is 9.10. The third kappa shape index (κ3) is 1.87. The lowest BCUT2D eigenvalue weighted by Gasteiger charge is -2.05. The van der Waals surface area contributed by atoms with Crippen LogP contribution in [-0.2, 0) is 4.74 Å². The highest BCUT2D eigenvalue weighted by molar-refractivity contribution is 7.11. The van der Waals surface area contributed by atoms with Gasteiger partial charge in [-0.15, -0.1) is 11.3 Å². The molecule has 0 unspecified atom stereocenters. The summed E-state index contributed by atoms with van der Waals surface area (Å²) in [7, 11) is 0. The summed E-state index contributed by atoms with van der Waals surface area (Å²) in [5, 5.41) is 1.86. The molecule has 1 aliphatic carbocycles. The Kier molecular flexibility index (Phi) is 2.27. The second-order valence-electron chi connectivity index (χ2n) is 2.62. The summed E-state index contributed by atoms with van der Waals surface area (Å²) in [4.78, 5) is 12.0. The first kappa shape index (κ1) is 8.26. The van der Waals surface area contributed by atoms with E-state index in [0.29, 0.717) is 4.88 Å². The molecule has 0 saturated carbocycles. The average Bonchev–Trinajstić information content (AvgIpc) is 2.74. The Morgan fingerprint density at radius 2 is 2.15 bits per heavy atom. The van der Waals surface area contributed by atoms with Crippen molar-refractivity contribution in [2.75, 3.05) is 0 Å². The van der Waals surface area contributed by atoms with Gasteiger partial charge in [0.15, 0.2) is 0 Å². The van der Waals surface area contributed by atoms with E-state index in [-0.39, 0.29) is 12.1 Å². The number of carbonyl (C=O) groups excluding carboxylic acids is 1. The Morgan fingerprint density at radius 3 is 2.77 bits per heavy atom. The highest BCUT2D eigenvalue weighted by Crippen LogP contribution is 2.13. The van der Waals surface area contributed by atoms with E-state index in [1.165, 1.54) is 11.3 Å². The zero-order valence-corrected chi connectivity index (χ0v) is 7.66. The maximum Gasteiger partial charge on any atom is 0.349 e. The number of hydrogen-bond donors (Lipinski definition) is 0. The summed E-state index contributed by atoms with van der Waals surface area (Å²) in [6.45, 7) is 0. The van der Waals surface area contributed by atoms with Crippen molar-refractivity contribution in [2.24, 2.45) is 0 Å². The second-order valence-corrected chi connectivity index (χ2v) is 3.56. The fraction of sp³-hybridized carbons (Fsp3) is 0.100. The molecule has 1 heterocycles. The molecule has 13 heavy (non-hydrogen) atoms. The molecule has 66 valence electrons. The van der Waals surface area contributed by atoms with E-state index in [1.807, 2.05) is 35.8 Å². The standard InChI is InChI=1S/C10H8O2S/c11-10(9-6-3-7-13-9)12-8-4-1-2-5-8/h1-8H. The van der Waals surface area contributed by atoms with Crippen molar-refractivity contribution < 1.29 is 9.53 Å².